The Morgan fingerprint density at radius 1 is 1.33 bits per heavy atom. The van der Waals surface area contributed by atoms with Crippen LogP contribution in [-0.4, -0.2) is 0 Å². The van der Waals surface area contributed by atoms with Crippen LogP contribution in [0.25, 0.3) is 0 Å². The Kier molecular flexibility index (Phi) is 3.47. The van der Waals surface area contributed by atoms with Crippen LogP contribution in [0.3, 0.4) is 0 Å². The highest BCUT2D eigenvalue weighted by atomic mass is 79.9. The van der Waals surface area contributed by atoms with Crippen LogP contribution in [0.5, 0.6) is 0 Å². The molecule has 1 fully saturated rings. The summed E-state index contributed by atoms with van der Waals surface area (Å²) in [5, 5.41) is 0. The van der Waals surface area contributed by atoms with Gasteiger partial charge in [0.1, 0.15) is 0 Å². The molecule has 15 heavy (non-hydrogen) atoms. The van der Waals surface area contributed by atoms with Gasteiger partial charge in [0.25, 0.3) is 0 Å². The molecule has 0 heterocycles. The molecule has 0 radical (unpaired) electrons. The Bertz CT molecular complexity index is 342. The predicted molar refractivity (Wildman–Crippen MR) is 67.8 cm³/mol. The van der Waals surface area contributed by atoms with Crippen LogP contribution in [0.1, 0.15) is 42.9 Å². The molecule has 0 saturated heterocycles. The third-order valence-corrected chi connectivity index (χ3v) is 4.34. The summed E-state index contributed by atoms with van der Waals surface area (Å²) in [4.78, 5) is 0. The van der Waals surface area contributed by atoms with Crippen LogP contribution < -0.4 is 5.73 Å². The van der Waals surface area contributed by atoms with E-state index in [1.165, 1.54) is 41.3 Å². The molecule has 1 aliphatic carbocycles. The molecule has 1 aliphatic rings. The highest BCUT2D eigenvalue weighted by Crippen LogP contribution is 2.35. The maximum atomic E-state index is 6.30. The Morgan fingerprint density at radius 2 is 2.00 bits per heavy atom. The van der Waals surface area contributed by atoms with Gasteiger partial charge in [-0.1, -0.05) is 40.9 Å². The van der Waals surface area contributed by atoms with E-state index in [1.54, 1.807) is 0 Å². The van der Waals surface area contributed by atoms with Crippen LogP contribution in [0, 0.1) is 12.8 Å². The first-order valence-corrected chi connectivity index (χ1v) is 6.49. The lowest BCUT2D eigenvalue weighted by Gasteiger charge is -2.19. The minimum Gasteiger partial charge on any atom is -0.324 e. The summed E-state index contributed by atoms with van der Waals surface area (Å²) < 4.78 is 1.17. The zero-order chi connectivity index (χ0) is 10.8. The van der Waals surface area contributed by atoms with E-state index in [1.807, 2.05) is 0 Å². The maximum absolute atomic E-state index is 6.30. The molecule has 0 aromatic heterocycles. The first kappa shape index (κ1) is 11.2. The molecular formula is C13H18BrN. The summed E-state index contributed by atoms with van der Waals surface area (Å²) in [7, 11) is 0. The van der Waals surface area contributed by atoms with Crippen LogP contribution in [-0.2, 0) is 0 Å². The summed E-state index contributed by atoms with van der Waals surface area (Å²) in [5.41, 5.74) is 8.85. The average Bonchev–Trinajstić information content (AvgIpc) is 2.74. The summed E-state index contributed by atoms with van der Waals surface area (Å²) in [6.07, 6.45) is 5.30. The van der Waals surface area contributed by atoms with Crippen molar-refractivity contribution in [1.29, 1.82) is 0 Å². The minimum atomic E-state index is 0.226. The standard InChI is InChI=1S/C13H18BrN/c1-9-6-7-11(8-12(9)14)13(15)10-4-2-3-5-10/h6-8,10,13H,2-5,15H2,1H3. The van der Waals surface area contributed by atoms with E-state index < -0.39 is 0 Å². The fourth-order valence-corrected chi connectivity index (χ4v) is 2.80. The number of rotatable bonds is 2. The van der Waals surface area contributed by atoms with E-state index in [0.29, 0.717) is 5.92 Å². The number of nitrogens with two attached hydrogens (primary N) is 1. The van der Waals surface area contributed by atoms with Gasteiger partial charge in [-0.2, -0.15) is 0 Å². The van der Waals surface area contributed by atoms with E-state index in [-0.39, 0.29) is 6.04 Å². The molecule has 0 bridgehead atoms. The molecule has 2 rings (SSSR count). The number of hydrogen-bond acceptors (Lipinski definition) is 1. The number of aryl methyl sites for hydroxylation is 1. The molecule has 1 nitrogen and oxygen atoms in total. The van der Waals surface area contributed by atoms with Crippen molar-refractivity contribution in [1.82, 2.24) is 0 Å². The molecular weight excluding hydrogens is 250 g/mol. The molecule has 0 amide bonds. The highest BCUT2D eigenvalue weighted by molar-refractivity contribution is 9.10. The van der Waals surface area contributed by atoms with Crippen molar-refractivity contribution in [3.63, 3.8) is 0 Å². The predicted octanol–water partition coefficient (Wildman–Crippen LogP) is 3.95. The number of halogens is 1. The molecule has 82 valence electrons. The van der Waals surface area contributed by atoms with Gasteiger partial charge in [0.2, 0.25) is 0 Å². The molecule has 2 N–H and O–H groups in total. The normalized spacial score (nSPS) is 19.4. The zero-order valence-corrected chi connectivity index (χ0v) is 10.8. The Hall–Kier alpha value is -0.340. The lowest BCUT2D eigenvalue weighted by molar-refractivity contribution is 0.445. The molecule has 0 spiro atoms. The Balaban J connectivity index is 2.17. The topological polar surface area (TPSA) is 26.0 Å². The summed E-state index contributed by atoms with van der Waals surface area (Å²) in [5.74, 6) is 0.694. The van der Waals surface area contributed by atoms with Gasteiger partial charge in [-0.25, -0.2) is 0 Å². The molecule has 1 aromatic carbocycles. The average molecular weight is 268 g/mol. The van der Waals surface area contributed by atoms with Gasteiger partial charge in [-0.05, 0) is 42.9 Å². The second-order valence-electron chi connectivity index (χ2n) is 4.58. The second kappa shape index (κ2) is 4.67. The van der Waals surface area contributed by atoms with Gasteiger partial charge in [0.15, 0.2) is 0 Å². The summed E-state index contributed by atoms with van der Waals surface area (Å²) in [6, 6.07) is 6.72. The Labute approximate surface area is 100 Å². The van der Waals surface area contributed by atoms with Crippen LogP contribution in [0.2, 0.25) is 0 Å². The lowest BCUT2D eigenvalue weighted by Crippen LogP contribution is -2.19. The van der Waals surface area contributed by atoms with Crippen molar-refractivity contribution >= 4 is 15.9 Å². The van der Waals surface area contributed by atoms with Gasteiger partial charge in [-0.3, -0.25) is 0 Å². The number of benzene rings is 1. The van der Waals surface area contributed by atoms with Gasteiger partial charge in [0.05, 0.1) is 0 Å². The van der Waals surface area contributed by atoms with E-state index in [0.717, 1.165) is 0 Å². The SMILES string of the molecule is Cc1ccc(C(N)C2CCCC2)cc1Br. The van der Waals surface area contributed by atoms with Gasteiger partial charge >= 0.3 is 0 Å². The van der Waals surface area contributed by atoms with E-state index in [4.69, 9.17) is 5.73 Å². The fourth-order valence-electron chi connectivity index (χ4n) is 2.41. The molecule has 1 unspecified atom stereocenters. The first-order valence-electron chi connectivity index (χ1n) is 5.70. The maximum Gasteiger partial charge on any atom is 0.0323 e. The van der Waals surface area contributed by atoms with Crippen molar-refractivity contribution in [2.24, 2.45) is 11.7 Å². The van der Waals surface area contributed by atoms with Gasteiger partial charge in [0, 0.05) is 10.5 Å². The smallest absolute Gasteiger partial charge is 0.0323 e. The van der Waals surface area contributed by atoms with Crippen LogP contribution in [0.4, 0.5) is 0 Å². The minimum absolute atomic E-state index is 0.226. The molecule has 0 aliphatic heterocycles. The number of hydrogen-bond donors (Lipinski definition) is 1. The Morgan fingerprint density at radius 3 is 2.60 bits per heavy atom. The zero-order valence-electron chi connectivity index (χ0n) is 9.17. The molecule has 1 saturated carbocycles. The van der Waals surface area contributed by atoms with Crippen molar-refractivity contribution in [2.75, 3.05) is 0 Å². The van der Waals surface area contributed by atoms with E-state index in [2.05, 4.69) is 41.1 Å². The summed E-state index contributed by atoms with van der Waals surface area (Å²) >= 11 is 3.57. The fraction of sp³-hybridized carbons (Fsp3) is 0.538. The highest BCUT2D eigenvalue weighted by Gasteiger charge is 2.23. The van der Waals surface area contributed by atoms with Crippen LogP contribution in [0.15, 0.2) is 22.7 Å². The first-order chi connectivity index (χ1) is 7.18. The monoisotopic (exact) mass is 267 g/mol. The molecule has 1 atom stereocenters. The molecule has 2 heteroatoms. The van der Waals surface area contributed by atoms with Gasteiger partial charge < -0.3 is 5.73 Å². The largest absolute Gasteiger partial charge is 0.324 e. The second-order valence-corrected chi connectivity index (χ2v) is 5.43. The van der Waals surface area contributed by atoms with Crippen molar-refractivity contribution < 1.29 is 0 Å². The van der Waals surface area contributed by atoms with Crippen LogP contribution >= 0.6 is 15.9 Å². The van der Waals surface area contributed by atoms with Crippen molar-refractivity contribution in [3.05, 3.63) is 33.8 Å². The van der Waals surface area contributed by atoms with Crippen molar-refractivity contribution in [3.8, 4) is 0 Å². The van der Waals surface area contributed by atoms with E-state index in [9.17, 15) is 0 Å². The third-order valence-electron chi connectivity index (χ3n) is 3.49. The quantitative estimate of drug-likeness (QED) is 0.863. The van der Waals surface area contributed by atoms with E-state index >= 15 is 0 Å². The van der Waals surface area contributed by atoms with Crippen molar-refractivity contribution in [2.45, 2.75) is 38.6 Å². The lowest BCUT2D eigenvalue weighted by atomic mass is 9.92. The van der Waals surface area contributed by atoms with Gasteiger partial charge in [-0.15, -0.1) is 0 Å². The summed E-state index contributed by atoms with van der Waals surface area (Å²) in [6.45, 7) is 2.11. The third kappa shape index (κ3) is 2.43. The molecule has 1 aromatic rings.